The van der Waals surface area contributed by atoms with Crippen molar-refractivity contribution >= 4 is 27.9 Å². The highest BCUT2D eigenvalue weighted by atomic mass is 35.5. The molecule has 0 bridgehead atoms. The van der Waals surface area contributed by atoms with Gasteiger partial charge in [0, 0.05) is 22.2 Å². The molecule has 0 aliphatic heterocycles. The number of halogens is 1. The first-order chi connectivity index (χ1) is 10.3. The molecule has 21 heavy (non-hydrogen) atoms. The van der Waals surface area contributed by atoms with E-state index in [9.17, 15) is 0 Å². The second-order valence-electron chi connectivity index (χ2n) is 4.77. The second-order valence-corrected chi connectivity index (χ2v) is 6.05. The van der Waals surface area contributed by atoms with Crippen LogP contribution in [0.3, 0.4) is 0 Å². The molecule has 2 aromatic carbocycles. The van der Waals surface area contributed by atoms with Crippen LogP contribution in [0.1, 0.15) is 0 Å². The summed E-state index contributed by atoms with van der Waals surface area (Å²) < 4.78 is 2.14. The molecule has 102 valence electrons. The molecule has 2 nitrogen and oxygen atoms in total. The number of imidazole rings is 1. The zero-order chi connectivity index (χ0) is 14.2. The van der Waals surface area contributed by atoms with Gasteiger partial charge >= 0.3 is 0 Å². The molecule has 0 fully saturated rings. The van der Waals surface area contributed by atoms with Gasteiger partial charge in [0.15, 0.2) is 4.96 Å². The normalized spacial score (nSPS) is 11.1. The second kappa shape index (κ2) is 5.02. The van der Waals surface area contributed by atoms with Crippen LogP contribution in [0.15, 0.2) is 66.2 Å². The Morgan fingerprint density at radius 2 is 1.67 bits per heavy atom. The minimum atomic E-state index is 0.741. The summed E-state index contributed by atoms with van der Waals surface area (Å²) in [5.41, 5.74) is 4.41. The summed E-state index contributed by atoms with van der Waals surface area (Å²) in [7, 11) is 0. The molecule has 0 aliphatic carbocycles. The molecule has 4 rings (SSSR count). The fraction of sp³-hybridized carbons (Fsp3) is 0. The van der Waals surface area contributed by atoms with Crippen molar-refractivity contribution in [1.29, 1.82) is 0 Å². The summed E-state index contributed by atoms with van der Waals surface area (Å²) in [6, 6.07) is 18.1. The standard InChI is InChI=1S/C17H11ClN2S/c18-14-8-6-12(7-9-14)15-10-20-16(11-21-17(20)19-15)13-4-2-1-3-5-13/h1-11H. The number of rotatable bonds is 2. The highest BCUT2D eigenvalue weighted by Gasteiger charge is 2.10. The van der Waals surface area contributed by atoms with Crippen molar-refractivity contribution in [2.24, 2.45) is 0 Å². The van der Waals surface area contributed by atoms with Crippen molar-refractivity contribution in [2.45, 2.75) is 0 Å². The van der Waals surface area contributed by atoms with Crippen LogP contribution in [-0.4, -0.2) is 9.38 Å². The molecule has 0 amide bonds. The van der Waals surface area contributed by atoms with E-state index in [4.69, 9.17) is 16.6 Å². The van der Waals surface area contributed by atoms with E-state index in [1.54, 1.807) is 11.3 Å². The van der Waals surface area contributed by atoms with Crippen molar-refractivity contribution in [3.05, 3.63) is 71.2 Å². The maximum absolute atomic E-state index is 5.94. The molecule has 0 aliphatic rings. The van der Waals surface area contributed by atoms with E-state index >= 15 is 0 Å². The van der Waals surface area contributed by atoms with Gasteiger partial charge < -0.3 is 0 Å². The Balaban J connectivity index is 1.84. The molecule has 4 aromatic rings. The predicted octanol–water partition coefficient (Wildman–Crippen LogP) is 5.38. The Hall–Kier alpha value is -2.10. The third-order valence-electron chi connectivity index (χ3n) is 3.42. The minimum absolute atomic E-state index is 0.741. The minimum Gasteiger partial charge on any atom is -0.290 e. The van der Waals surface area contributed by atoms with Gasteiger partial charge in [0.1, 0.15) is 0 Å². The number of benzene rings is 2. The van der Waals surface area contributed by atoms with E-state index in [0.29, 0.717) is 0 Å². The smallest absolute Gasteiger partial charge is 0.194 e. The van der Waals surface area contributed by atoms with Crippen LogP contribution < -0.4 is 0 Å². The Morgan fingerprint density at radius 3 is 2.43 bits per heavy atom. The monoisotopic (exact) mass is 310 g/mol. The first kappa shape index (κ1) is 12.6. The maximum Gasteiger partial charge on any atom is 0.194 e. The van der Waals surface area contributed by atoms with Crippen molar-refractivity contribution < 1.29 is 0 Å². The first-order valence-corrected chi connectivity index (χ1v) is 7.85. The van der Waals surface area contributed by atoms with E-state index < -0.39 is 0 Å². The topological polar surface area (TPSA) is 17.3 Å². The average molecular weight is 311 g/mol. The third-order valence-corrected chi connectivity index (χ3v) is 4.51. The number of nitrogens with zero attached hydrogens (tertiary/aromatic N) is 2. The largest absolute Gasteiger partial charge is 0.290 e. The molecule has 0 radical (unpaired) electrons. The zero-order valence-corrected chi connectivity index (χ0v) is 12.6. The lowest BCUT2D eigenvalue weighted by Crippen LogP contribution is -1.82. The summed E-state index contributed by atoms with van der Waals surface area (Å²) in [6.07, 6.45) is 2.08. The van der Waals surface area contributed by atoms with Gasteiger partial charge in [-0.1, -0.05) is 54.1 Å². The van der Waals surface area contributed by atoms with E-state index in [2.05, 4.69) is 40.2 Å². The molecule has 0 spiro atoms. The van der Waals surface area contributed by atoms with Crippen LogP contribution in [0.25, 0.3) is 27.5 Å². The SMILES string of the molecule is Clc1ccc(-c2cn3c(-c4ccccc4)csc3n2)cc1. The van der Waals surface area contributed by atoms with E-state index in [1.807, 2.05) is 30.3 Å². The van der Waals surface area contributed by atoms with Gasteiger partial charge in [0.25, 0.3) is 0 Å². The summed E-state index contributed by atoms with van der Waals surface area (Å²) >= 11 is 7.59. The summed E-state index contributed by atoms with van der Waals surface area (Å²) in [5, 5.41) is 2.88. The summed E-state index contributed by atoms with van der Waals surface area (Å²) in [6.45, 7) is 0. The Labute approximate surface area is 131 Å². The van der Waals surface area contributed by atoms with Crippen LogP contribution in [0, 0.1) is 0 Å². The van der Waals surface area contributed by atoms with Crippen LogP contribution in [0.5, 0.6) is 0 Å². The fourth-order valence-electron chi connectivity index (χ4n) is 2.36. The van der Waals surface area contributed by atoms with Crippen LogP contribution in [-0.2, 0) is 0 Å². The van der Waals surface area contributed by atoms with Gasteiger partial charge in [0.05, 0.1) is 11.4 Å². The number of hydrogen-bond donors (Lipinski definition) is 0. The van der Waals surface area contributed by atoms with Gasteiger partial charge in [0.2, 0.25) is 0 Å². The Kier molecular flexibility index (Phi) is 3.02. The highest BCUT2D eigenvalue weighted by molar-refractivity contribution is 7.15. The van der Waals surface area contributed by atoms with E-state index in [0.717, 1.165) is 21.2 Å². The van der Waals surface area contributed by atoms with Gasteiger partial charge in [-0.15, -0.1) is 11.3 Å². The average Bonchev–Trinajstić information content (AvgIpc) is 3.09. The Bertz CT molecular complexity index is 892. The Morgan fingerprint density at radius 1 is 0.905 bits per heavy atom. The molecule has 2 heterocycles. The number of thiazole rings is 1. The molecule has 0 N–H and O–H groups in total. The van der Waals surface area contributed by atoms with Crippen molar-refractivity contribution in [2.75, 3.05) is 0 Å². The molecule has 0 saturated carbocycles. The van der Waals surface area contributed by atoms with Gasteiger partial charge in [-0.2, -0.15) is 0 Å². The van der Waals surface area contributed by atoms with Crippen molar-refractivity contribution in [1.82, 2.24) is 9.38 Å². The van der Waals surface area contributed by atoms with Crippen molar-refractivity contribution in [3.8, 4) is 22.5 Å². The first-order valence-electron chi connectivity index (χ1n) is 6.59. The molecular weight excluding hydrogens is 300 g/mol. The van der Waals surface area contributed by atoms with E-state index in [-0.39, 0.29) is 0 Å². The molecule has 0 saturated heterocycles. The third kappa shape index (κ3) is 2.24. The van der Waals surface area contributed by atoms with E-state index in [1.165, 1.54) is 11.3 Å². The maximum atomic E-state index is 5.94. The van der Waals surface area contributed by atoms with Crippen molar-refractivity contribution in [3.63, 3.8) is 0 Å². The quantitative estimate of drug-likeness (QED) is 0.485. The lowest BCUT2D eigenvalue weighted by atomic mass is 10.1. The van der Waals surface area contributed by atoms with Crippen LogP contribution in [0.4, 0.5) is 0 Å². The molecule has 2 aromatic heterocycles. The summed E-state index contributed by atoms with van der Waals surface area (Å²) in [4.78, 5) is 5.70. The number of aromatic nitrogens is 2. The molecule has 0 unspecified atom stereocenters. The molecule has 0 atom stereocenters. The highest BCUT2D eigenvalue weighted by Crippen LogP contribution is 2.29. The lowest BCUT2D eigenvalue weighted by Gasteiger charge is -1.99. The van der Waals surface area contributed by atoms with Gasteiger partial charge in [-0.25, -0.2) is 4.98 Å². The zero-order valence-electron chi connectivity index (χ0n) is 11.0. The van der Waals surface area contributed by atoms with Crippen LogP contribution in [0.2, 0.25) is 5.02 Å². The van der Waals surface area contributed by atoms with Crippen LogP contribution >= 0.6 is 22.9 Å². The van der Waals surface area contributed by atoms with Gasteiger partial charge in [-0.3, -0.25) is 4.40 Å². The molecular formula is C17H11ClN2S. The number of fused-ring (bicyclic) bond motifs is 1. The number of hydrogen-bond acceptors (Lipinski definition) is 2. The lowest BCUT2D eigenvalue weighted by molar-refractivity contribution is 1.24. The fourth-order valence-corrected chi connectivity index (χ4v) is 3.37. The van der Waals surface area contributed by atoms with Gasteiger partial charge in [-0.05, 0) is 17.7 Å². The predicted molar refractivity (Wildman–Crippen MR) is 89.0 cm³/mol. The summed E-state index contributed by atoms with van der Waals surface area (Å²) in [5.74, 6) is 0. The molecule has 4 heteroatoms.